The number of nitrogens with zero attached hydrogens (tertiary/aromatic N) is 2. The van der Waals surface area contributed by atoms with Gasteiger partial charge in [-0.2, -0.15) is 0 Å². The summed E-state index contributed by atoms with van der Waals surface area (Å²) in [6.45, 7) is 1.62. The van der Waals surface area contributed by atoms with Crippen LogP contribution in [0, 0.1) is 18.8 Å². The first-order valence-electron chi connectivity index (χ1n) is 6.52. The van der Waals surface area contributed by atoms with E-state index in [-0.39, 0.29) is 25.0 Å². The summed E-state index contributed by atoms with van der Waals surface area (Å²) in [6.07, 6.45) is 0. The van der Waals surface area contributed by atoms with Crippen molar-refractivity contribution < 1.29 is 14.7 Å². The van der Waals surface area contributed by atoms with Gasteiger partial charge in [0.2, 0.25) is 5.91 Å². The van der Waals surface area contributed by atoms with Gasteiger partial charge in [-0.05, 0) is 19.1 Å². The van der Waals surface area contributed by atoms with Gasteiger partial charge in [-0.25, -0.2) is 0 Å². The van der Waals surface area contributed by atoms with Crippen LogP contribution >= 0.6 is 0 Å². The maximum Gasteiger partial charge on any atom is 0.255 e. The van der Waals surface area contributed by atoms with Crippen LogP contribution in [0.25, 0.3) is 0 Å². The maximum atomic E-state index is 12.5. The highest BCUT2D eigenvalue weighted by Gasteiger charge is 2.18. The molecule has 0 fully saturated rings. The highest BCUT2D eigenvalue weighted by Crippen LogP contribution is 2.13. The third-order valence-corrected chi connectivity index (χ3v) is 2.93. The molecule has 0 radical (unpaired) electrons. The van der Waals surface area contributed by atoms with Gasteiger partial charge in [0.05, 0.1) is 12.1 Å². The van der Waals surface area contributed by atoms with Crippen LogP contribution in [0.1, 0.15) is 21.5 Å². The predicted octanol–water partition coefficient (Wildman–Crippen LogP) is 0.499. The van der Waals surface area contributed by atoms with E-state index < -0.39 is 0 Å². The lowest BCUT2D eigenvalue weighted by Gasteiger charge is -2.20. The molecule has 1 aromatic carbocycles. The molecule has 0 atom stereocenters. The first kappa shape index (κ1) is 16.7. The molecule has 0 aliphatic heterocycles. The van der Waals surface area contributed by atoms with Crippen LogP contribution in [0.4, 0.5) is 0 Å². The van der Waals surface area contributed by atoms with E-state index in [4.69, 9.17) is 5.11 Å². The van der Waals surface area contributed by atoms with Crippen molar-refractivity contribution in [3.63, 3.8) is 0 Å². The molecule has 1 N–H and O–H groups in total. The molecular weight excluding hydrogens is 268 g/mol. The largest absolute Gasteiger partial charge is 0.384 e. The van der Waals surface area contributed by atoms with Crippen molar-refractivity contribution in [1.29, 1.82) is 0 Å². The molecule has 0 saturated heterocycles. The predicted molar refractivity (Wildman–Crippen MR) is 80.8 cm³/mol. The second-order valence-corrected chi connectivity index (χ2v) is 4.96. The Morgan fingerprint density at radius 3 is 2.48 bits per heavy atom. The number of carbonyl (C=O) groups excluding carboxylic acids is 2. The first-order valence-corrected chi connectivity index (χ1v) is 6.52. The number of aliphatic hydroxyl groups excluding tert-OH is 1. The Morgan fingerprint density at radius 1 is 1.24 bits per heavy atom. The minimum absolute atomic E-state index is 0.00659. The Kier molecular flexibility index (Phi) is 5.94. The number of rotatable bonds is 3. The summed E-state index contributed by atoms with van der Waals surface area (Å²) in [5.74, 6) is 4.88. The Hall–Kier alpha value is -2.32. The van der Waals surface area contributed by atoms with Crippen LogP contribution in [0.3, 0.4) is 0 Å². The van der Waals surface area contributed by atoms with Gasteiger partial charge in [0.25, 0.3) is 5.91 Å². The van der Waals surface area contributed by atoms with E-state index in [9.17, 15) is 9.59 Å². The van der Waals surface area contributed by atoms with Gasteiger partial charge in [0, 0.05) is 26.7 Å². The van der Waals surface area contributed by atoms with E-state index in [2.05, 4.69) is 11.8 Å². The number of aliphatic hydroxyl groups is 1. The molecule has 21 heavy (non-hydrogen) atoms. The van der Waals surface area contributed by atoms with Gasteiger partial charge in [-0.3, -0.25) is 9.59 Å². The van der Waals surface area contributed by atoms with Crippen molar-refractivity contribution in [2.45, 2.75) is 6.92 Å². The van der Waals surface area contributed by atoms with Crippen LogP contribution in [0.5, 0.6) is 0 Å². The van der Waals surface area contributed by atoms with E-state index in [1.54, 1.807) is 33.3 Å². The molecule has 0 spiro atoms. The molecule has 5 nitrogen and oxygen atoms in total. The summed E-state index contributed by atoms with van der Waals surface area (Å²) < 4.78 is 0. The Morgan fingerprint density at radius 2 is 1.90 bits per heavy atom. The lowest BCUT2D eigenvalue weighted by molar-refractivity contribution is -0.129. The smallest absolute Gasteiger partial charge is 0.255 e. The lowest BCUT2D eigenvalue weighted by atomic mass is 10.0. The van der Waals surface area contributed by atoms with E-state index >= 15 is 0 Å². The lowest BCUT2D eigenvalue weighted by Crippen LogP contribution is -2.38. The molecule has 0 aliphatic rings. The number of benzene rings is 1. The molecule has 0 unspecified atom stereocenters. The summed E-state index contributed by atoms with van der Waals surface area (Å²) in [5.41, 5.74) is 1.91. The van der Waals surface area contributed by atoms with Gasteiger partial charge in [-0.15, -0.1) is 0 Å². The van der Waals surface area contributed by atoms with Gasteiger partial charge in [-0.1, -0.05) is 23.5 Å². The fourth-order valence-corrected chi connectivity index (χ4v) is 1.70. The second-order valence-electron chi connectivity index (χ2n) is 4.96. The quantitative estimate of drug-likeness (QED) is 0.824. The molecular formula is C16H20N2O3. The number of carbonyl (C=O) groups is 2. The molecule has 0 aliphatic carbocycles. The molecule has 0 aromatic heterocycles. The molecule has 5 heteroatoms. The van der Waals surface area contributed by atoms with E-state index in [1.807, 2.05) is 13.0 Å². The van der Waals surface area contributed by atoms with Gasteiger partial charge < -0.3 is 14.9 Å². The normalized spacial score (nSPS) is 9.57. The van der Waals surface area contributed by atoms with Crippen molar-refractivity contribution in [1.82, 2.24) is 9.80 Å². The molecule has 1 rings (SSSR count). The number of aryl methyl sites for hydroxylation is 1. The number of amides is 2. The van der Waals surface area contributed by atoms with Gasteiger partial charge in [0.1, 0.15) is 6.61 Å². The SMILES string of the molecule is Cc1ccc(C#CCO)c(C(=O)N(C)CC(=O)N(C)C)c1. The maximum absolute atomic E-state index is 12.5. The number of hydrogen-bond donors (Lipinski definition) is 1. The molecule has 1 aromatic rings. The van der Waals surface area contributed by atoms with Crippen molar-refractivity contribution in [3.8, 4) is 11.8 Å². The second kappa shape index (κ2) is 7.46. The summed E-state index contributed by atoms with van der Waals surface area (Å²) in [4.78, 5) is 26.9. The highest BCUT2D eigenvalue weighted by molar-refractivity contribution is 5.98. The fraction of sp³-hybridized carbons (Fsp3) is 0.375. The van der Waals surface area contributed by atoms with Gasteiger partial charge in [0.15, 0.2) is 0 Å². The van der Waals surface area contributed by atoms with Crippen molar-refractivity contribution in [2.75, 3.05) is 34.3 Å². The van der Waals surface area contributed by atoms with Crippen LogP contribution in [0.2, 0.25) is 0 Å². The number of hydrogen-bond acceptors (Lipinski definition) is 3. The Bertz CT molecular complexity index is 597. The van der Waals surface area contributed by atoms with Crippen LogP contribution in [0.15, 0.2) is 18.2 Å². The van der Waals surface area contributed by atoms with Crippen LogP contribution in [-0.2, 0) is 4.79 Å². The fourth-order valence-electron chi connectivity index (χ4n) is 1.70. The summed E-state index contributed by atoms with van der Waals surface area (Å²) in [5, 5.41) is 8.78. The average Bonchev–Trinajstić information content (AvgIpc) is 2.44. The summed E-state index contributed by atoms with van der Waals surface area (Å²) >= 11 is 0. The summed E-state index contributed by atoms with van der Waals surface area (Å²) in [7, 11) is 4.87. The monoisotopic (exact) mass is 288 g/mol. The zero-order valence-corrected chi connectivity index (χ0v) is 12.8. The third-order valence-electron chi connectivity index (χ3n) is 2.93. The van der Waals surface area contributed by atoms with Crippen LogP contribution < -0.4 is 0 Å². The molecule has 0 saturated carbocycles. The first-order chi connectivity index (χ1) is 9.86. The van der Waals surface area contributed by atoms with Crippen molar-refractivity contribution in [2.24, 2.45) is 0 Å². The Balaban J connectivity index is 3.05. The minimum atomic E-state index is -0.267. The standard InChI is InChI=1S/C16H20N2O3/c1-12-7-8-13(6-5-9-19)14(10-12)16(21)18(4)11-15(20)17(2)3/h7-8,10,19H,9,11H2,1-4H3. The highest BCUT2D eigenvalue weighted by atomic mass is 16.2. The van der Waals surface area contributed by atoms with Gasteiger partial charge >= 0.3 is 0 Å². The van der Waals surface area contributed by atoms with E-state index in [1.165, 1.54) is 9.80 Å². The minimum Gasteiger partial charge on any atom is -0.384 e. The van der Waals surface area contributed by atoms with Crippen molar-refractivity contribution >= 4 is 11.8 Å². The summed E-state index contributed by atoms with van der Waals surface area (Å²) in [6, 6.07) is 5.33. The Labute approximate surface area is 125 Å². The molecule has 0 heterocycles. The molecule has 2 amide bonds. The van der Waals surface area contributed by atoms with Crippen molar-refractivity contribution in [3.05, 3.63) is 34.9 Å². The average molecular weight is 288 g/mol. The zero-order chi connectivity index (χ0) is 16.0. The van der Waals surface area contributed by atoms with E-state index in [0.29, 0.717) is 11.1 Å². The number of likely N-dealkylation sites (N-methyl/N-ethyl adjacent to an activating group) is 2. The van der Waals surface area contributed by atoms with Crippen LogP contribution in [-0.4, -0.2) is 61.0 Å². The topological polar surface area (TPSA) is 60.9 Å². The third kappa shape index (κ3) is 4.62. The van der Waals surface area contributed by atoms with E-state index in [0.717, 1.165) is 5.56 Å². The zero-order valence-electron chi connectivity index (χ0n) is 12.8. The molecule has 0 bridgehead atoms. The molecule has 112 valence electrons.